The molecule has 0 aliphatic rings. The fraction of sp³-hybridized carbons (Fsp3) is 0.231. The summed E-state index contributed by atoms with van der Waals surface area (Å²) in [6.07, 6.45) is -4.78. The van der Waals surface area contributed by atoms with E-state index in [2.05, 4.69) is 9.97 Å². The summed E-state index contributed by atoms with van der Waals surface area (Å²) in [5.41, 5.74) is 4.75. The molecule has 0 unspecified atom stereocenters. The van der Waals surface area contributed by atoms with Gasteiger partial charge in [0.1, 0.15) is 24.0 Å². The molecule has 0 aliphatic carbocycles. The minimum absolute atomic E-state index is 0.132. The molecule has 4 nitrogen and oxygen atoms in total. The molecular weight excluding hydrogens is 290 g/mol. The smallest absolute Gasteiger partial charge is 0.419 e. The molecule has 2 aromatic rings. The highest BCUT2D eigenvalue weighted by molar-refractivity contribution is 5.32. The van der Waals surface area contributed by atoms with Crippen LogP contribution < -0.4 is 10.5 Å². The molecule has 0 amide bonds. The summed E-state index contributed by atoms with van der Waals surface area (Å²) in [7, 11) is 0. The molecule has 21 heavy (non-hydrogen) atoms. The lowest BCUT2D eigenvalue weighted by molar-refractivity contribution is -0.140. The number of ether oxygens (including phenoxy) is 1. The molecule has 0 spiro atoms. The zero-order valence-corrected chi connectivity index (χ0v) is 10.9. The molecule has 2 N–H and O–H groups in total. The van der Waals surface area contributed by atoms with Crippen LogP contribution >= 0.6 is 0 Å². The Kier molecular flexibility index (Phi) is 3.97. The molecule has 2 rings (SSSR count). The van der Waals surface area contributed by atoms with E-state index in [0.29, 0.717) is 17.8 Å². The number of nitrogens with zero attached hydrogens (tertiary/aromatic N) is 2. The molecule has 1 aromatic carbocycles. The molecule has 0 fully saturated rings. The fourth-order valence-electron chi connectivity index (χ4n) is 1.68. The van der Waals surface area contributed by atoms with E-state index >= 15 is 0 Å². The van der Waals surface area contributed by atoms with Crippen LogP contribution in [0.2, 0.25) is 0 Å². The predicted octanol–water partition coefficient (Wildman–Crippen LogP) is 3.10. The molecule has 0 saturated carbocycles. The molecule has 8 heteroatoms. The molecule has 1 heterocycles. The van der Waals surface area contributed by atoms with Gasteiger partial charge in [0.15, 0.2) is 5.82 Å². The second-order valence-electron chi connectivity index (χ2n) is 4.28. The molecular formula is C13H11F4N3O. The van der Waals surface area contributed by atoms with Gasteiger partial charge in [0.2, 0.25) is 0 Å². The number of aryl methyl sites for hydroxylation is 1. The number of anilines is 1. The van der Waals surface area contributed by atoms with Crippen LogP contribution in [0.1, 0.15) is 17.1 Å². The third-order valence-electron chi connectivity index (χ3n) is 2.53. The van der Waals surface area contributed by atoms with E-state index in [1.807, 2.05) is 0 Å². The monoisotopic (exact) mass is 301 g/mol. The summed E-state index contributed by atoms with van der Waals surface area (Å²) in [6, 6.07) is 3.94. The van der Waals surface area contributed by atoms with Crippen molar-refractivity contribution < 1.29 is 22.3 Å². The minimum atomic E-state index is -4.78. The van der Waals surface area contributed by atoms with Crippen molar-refractivity contribution in [3.05, 3.63) is 47.2 Å². The Morgan fingerprint density at radius 1 is 1.19 bits per heavy atom. The van der Waals surface area contributed by atoms with E-state index in [9.17, 15) is 17.6 Å². The maximum Gasteiger partial charge on any atom is 0.419 e. The van der Waals surface area contributed by atoms with Gasteiger partial charge in [-0.25, -0.2) is 14.4 Å². The predicted molar refractivity (Wildman–Crippen MR) is 66.9 cm³/mol. The van der Waals surface area contributed by atoms with Crippen molar-refractivity contribution in [2.24, 2.45) is 0 Å². The first-order valence-corrected chi connectivity index (χ1v) is 5.85. The van der Waals surface area contributed by atoms with Gasteiger partial charge in [-0.2, -0.15) is 13.2 Å². The van der Waals surface area contributed by atoms with Crippen LogP contribution in [0.15, 0.2) is 24.3 Å². The van der Waals surface area contributed by atoms with Crippen LogP contribution in [0.25, 0.3) is 0 Å². The summed E-state index contributed by atoms with van der Waals surface area (Å²) in [5.74, 6) is -1.03. The molecule has 0 radical (unpaired) electrons. The lowest BCUT2D eigenvalue weighted by atomic mass is 10.2. The van der Waals surface area contributed by atoms with Gasteiger partial charge in [0.25, 0.3) is 0 Å². The number of benzene rings is 1. The first kappa shape index (κ1) is 15.0. The van der Waals surface area contributed by atoms with E-state index in [1.165, 1.54) is 0 Å². The summed E-state index contributed by atoms with van der Waals surface area (Å²) < 4.78 is 55.9. The quantitative estimate of drug-likeness (QED) is 0.885. The van der Waals surface area contributed by atoms with Crippen LogP contribution in [0, 0.1) is 12.7 Å². The van der Waals surface area contributed by atoms with E-state index < -0.39 is 17.6 Å². The SMILES string of the molecule is Cc1cc(N)nc(COc2ccc(F)c(C(F)(F)F)c2)n1. The highest BCUT2D eigenvalue weighted by atomic mass is 19.4. The number of rotatable bonds is 3. The number of hydrogen-bond donors (Lipinski definition) is 1. The highest BCUT2D eigenvalue weighted by Crippen LogP contribution is 2.33. The zero-order valence-electron chi connectivity index (χ0n) is 10.9. The van der Waals surface area contributed by atoms with Crippen molar-refractivity contribution in [1.29, 1.82) is 0 Å². The number of nitrogens with two attached hydrogens (primary N) is 1. The van der Waals surface area contributed by atoms with Crippen molar-refractivity contribution in [3.8, 4) is 5.75 Å². The van der Waals surface area contributed by atoms with Crippen LogP contribution in [0.5, 0.6) is 5.75 Å². The third-order valence-corrected chi connectivity index (χ3v) is 2.53. The molecule has 112 valence electrons. The summed E-state index contributed by atoms with van der Waals surface area (Å²) >= 11 is 0. The fourth-order valence-corrected chi connectivity index (χ4v) is 1.68. The van der Waals surface area contributed by atoms with Crippen molar-refractivity contribution in [2.75, 3.05) is 5.73 Å². The van der Waals surface area contributed by atoms with Crippen LogP contribution in [-0.4, -0.2) is 9.97 Å². The lowest BCUT2D eigenvalue weighted by Gasteiger charge is -2.11. The largest absolute Gasteiger partial charge is 0.486 e. The number of halogens is 4. The molecule has 1 aromatic heterocycles. The number of hydrogen-bond acceptors (Lipinski definition) is 4. The molecule has 0 aliphatic heterocycles. The average molecular weight is 301 g/mol. The van der Waals surface area contributed by atoms with E-state index in [1.54, 1.807) is 13.0 Å². The van der Waals surface area contributed by atoms with E-state index in [-0.39, 0.29) is 24.0 Å². The Labute approximate surface area is 117 Å². The Morgan fingerprint density at radius 2 is 1.90 bits per heavy atom. The Balaban J connectivity index is 2.17. The first-order valence-electron chi connectivity index (χ1n) is 5.85. The van der Waals surface area contributed by atoms with Crippen molar-refractivity contribution in [2.45, 2.75) is 19.7 Å². The van der Waals surface area contributed by atoms with Gasteiger partial charge in [-0.05, 0) is 25.1 Å². The maximum atomic E-state index is 13.1. The van der Waals surface area contributed by atoms with Gasteiger partial charge in [0, 0.05) is 11.8 Å². The average Bonchev–Trinajstić information content (AvgIpc) is 2.35. The summed E-state index contributed by atoms with van der Waals surface area (Å²) in [4.78, 5) is 7.91. The number of nitrogen functional groups attached to an aromatic ring is 1. The standard InChI is InChI=1S/C13H11F4N3O/c1-7-4-11(18)20-12(19-7)6-21-8-2-3-10(14)9(5-8)13(15,16)17/h2-5H,6H2,1H3,(H2,18,19,20). The van der Waals surface area contributed by atoms with Crippen molar-refractivity contribution >= 4 is 5.82 Å². The minimum Gasteiger partial charge on any atom is -0.486 e. The normalized spacial score (nSPS) is 11.5. The topological polar surface area (TPSA) is 61.0 Å². The lowest BCUT2D eigenvalue weighted by Crippen LogP contribution is -2.09. The third kappa shape index (κ3) is 3.80. The Hall–Kier alpha value is -2.38. The number of aromatic nitrogens is 2. The van der Waals surface area contributed by atoms with Gasteiger partial charge < -0.3 is 10.5 Å². The van der Waals surface area contributed by atoms with Gasteiger partial charge in [-0.15, -0.1) is 0 Å². The first-order chi connectivity index (χ1) is 9.75. The summed E-state index contributed by atoms with van der Waals surface area (Å²) in [5, 5.41) is 0. The Bertz CT molecular complexity index is 638. The second kappa shape index (κ2) is 5.55. The van der Waals surface area contributed by atoms with Gasteiger partial charge >= 0.3 is 6.18 Å². The van der Waals surface area contributed by atoms with Crippen molar-refractivity contribution in [1.82, 2.24) is 9.97 Å². The van der Waals surface area contributed by atoms with Crippen LogP contribution in [0.3, 0.4) is 0 Å². The Morgan fingerprint density at radius 3 is 2.52 bits per heavy atom. The molecule has 0 saturated heterocycles. The van der Waals surface area contributed by atoms with Gasteiger partial charge in [-0.3, -0.25) is 0 Å². The number of alkyl halides is 3. The van der Waals surface area contributed by atoms with E-state index in [0.717, 1.165) is 6.07 Å². The van der Waals surface area contributed by atoms with Crippen LogP contribution in [0.4, 0.5) is 23.4 Å². The summed E-state index contributed by atoms with van der Waals surface area (Å²) in [6.45, 7) is 1.52. The maximum absolute atomic E-state index is 13.1. The van der Waals surface area contributed by atoms with Crippen molar-refractivity contribution in [3.63, 3.8) is 0 Å². The van der Waals surface area contributed by atoms with E-state index in [4.69, 9.17) is 10.5 Å². The second-order valence-corrected chi connectivity index (χ2v) is 4.28. The molecule has 0 bridgehead atoms. The van der Waals surface area contributed by atoms with Gasteiger partial charge in [0.05, 0.1) is 5.56 Å². The van der Waals surface area contributed by atoms with Crippen LogP contribution in [-0.2, 0) is 12.8 Å². The molecule has 0 atom stereocenters. The zero-order chi connectivity index (χ0) is 15.6. The van der Waals surface area contributed by atoms with Gasteiger partial charge in [-0.1, -0.05) is 0 Å². The highest BCUT2D eigenvalue weighted by Gasteiger charge is 2.34.